The van der Waals surface area contributed by atoms with Crippen molar-refractivity contribution in [2.45, 2.75) is 19.4 Å². The van der Waals surface area contributed by atoms with Gasteiger partial charge in [0.15, 0.2) is 0 Å². The first kappa shape index (κ1) is 20.5. The van der Waals surface area contributed by atoms with Crippen molar-refractivity contribution in [1.82, 2.24) is 19.8 Å². The molecule has 1 N–H and O–H groups in total. The van der Waals surface area contributed by atoms with Gasteiger partial charge in [-0.25, -0.2) is 9.97 Å². The molecule has 1 aromatic heterocycles. The van der Waals surface area contributed by atoms with Gasteiger partial charge >= 0.3 is 11.8 Å². The van der Waals surface area contributed by atoms with Gasteiger partial charge in [0.05, 0.1) is 0 Å². The van der Waals surface area contributed by atoms with Crippen LogP contribution in [0.15, 0.2) is 73.1 Å². The maximum absolute atomic E-state index is 12.6. The van der Waals surface area contributed by atoms with Gasteiger partial charge < -0.3 is 15.1 Å². The maximum Gasteiger partial charge on any atom is 0.312 e. The van der Waals surface area contributed by atoms with Gasteiger partial charge in [0.25, 0.3) is 0 Å². The number of carbonyl (C=O) groups is 2. The third kappa shape index (κ3) is 5.45. The molecule has 4 rings (SSSR count). The average Bonchev–Trinajstić information content (AvgIpc) is 2.81. The molecule has 7 heteroatoms. The standard InChI is InChI=1S/C24H25N5O2/c30-22-23(31)29(17-16-28(22)15-4-8-19-6-2-1-3-7-19)18-20-9-11-21(12-10-20)27-24-25-13-5-14-26-24/h1-3,5-7,9-14H,4,8,15-18H2,(H,25,26,27). The Morgan fingerprint density at radius 2 is 1.45 bits per heavy atom. The number of nitrogens with zero attached hydrogens (tertiary/aromatic N) is 4. The lowest BCUT2D eigenvalue weighted by Gasteiger charge is -2.33. The second-order valence-electron chi connectivity index (χ2n) is 7.50. The molecule has 0 unspecified atom stereocenters. The Hall–Kier alpha value is -3.74. The molecule has 0 spiro atoms. The van der Waals surface area contributed by atoms with Crippen LogP contribution in [-0.2, 0) is 22.6 Å². The second-order valence-corrected chi connectivity index (χ2v) is 7.50. The number of piperazine rings is 1. The summed E-state index contributed by atoms with van der Waals surface area (Å²) in [7, 11) is 0. The number of nitrogens with one attached hydrogen (secondary N) is 1. The predicted octanol–water partition coefficient (Wildman–Crippen LogP) is 3.02. The van der Waals surface area contributed by atoms with E-state index in [2.05, 4.69) is 27.4 Å². The topological polar surface area (TPSA) is 78.4 Å². The zero-order valence-corrected chi connectivity index (χ0v) is 17.3. The molecule has 1 aliphatic rings. The van der Waals surface area contributed by atoms with Crippen LogP contribution in [-0.4, -0.2) is 51.2 Å². The Kier molecular flexibility index (Phi) is 6.52. The molecule has 0 bridgehead atoms. The van der Waals surface area contributed by atoms with Gasteiger partial charge in [-0.3, -0.25) is 9.59 Å². The first-order valence-electron chi connectivity index (χ1n) is 10.4. The lowest BCUT2D eigenvalue weighted by Crippen LogP contribution is -2.54. The molecule has 3 aromatic rings. The summed E-state index contributed by atoms with van der Waals surface area (Å²) in [4.78, 5) is 36.7. The zero-order valence-electron chi connectivity index (χ0n) is 17.3. The van der Waals surface area contributed by atoms with Crippen LogP contribution in [0.5, 0.6) is 0 Å². The Labute approximate surface area is 181 Å². The average molecular weight is 415 g/mol. The largest absolute Gasteiger partial charge is 0.333 e. The molecule has 0 radical (unpaired) electrons. The van der Waals surface area contributed by atoms with Crippen molar-refractivity contribution in [3.05, 3.63) is 84.2 Å². The molecule has 0 atom stereocenters. The van der Waals surface area contributed by atoms with Gasteiger partial charge in [0, 0.05) is 44.3 Å². The molecule has 2 amide bonds. The summed E-state index contributed by atoms with van der Waals surface area (Å²) >= 11 is 0. The van der Waals surface area contributed by atoms with E-state index in [-0.39, 0.29) is 0 Å². The Morgan fingerprint density at radius 3 is 2.19 bits per heavy atom. The van der Waals surface area contributed by atoms with E-state index in [1.807, 2.05) is 42.5 Å². The van der Waals surface area contributed by atoms with Crippen LogP contribution in [0.25, 0.3) is 0 Å². The summed E-state index contributed by atoms with van der Waals surface area (Å²) in [5.74, 6) is -0.302. The predicted molar refractivity (Wildman–Crippen MR) is 119 cm³/mol. The molecule has 1 fully saturated rings. The summed E-state index contributed by atoms with van der Waals surface area (Å²) in [5.41, 5.74) is 3.08. The molecular weight excluding hydrogens is 390 g/mol. The van der Waals surface area contributed by atoms with Crippen LogP contribution in [0.3, 0.4) is 0 Å². The van der Waals surface area contributed by atoms with Gasteiger partial charge in [-0.1, -0.05) is 42.5 Å². The fourth-order valence-electron chi connectivity index (χ4n) is 3.60. The summed E-state index contributed by atoms with van der Waals surface area (Å²) in [5, 5.41) is 3.12. The van der Waals surface area contributed by atoms with E-state index < -0.39 is 11.8 Å². The van der Waals surface area contributed by atoms with Crippen molar-refractivity contribution in [3.8, 4) is 0 Å². The van der Waals surface area contributed by atoms with E-state index in [0.29, 0.717) is 32.1 Å². The lowest BCUT2D eigenvalue weighted by molar-refractivity contribution is -0.156. The van der Waals surface area contributed by atoms with Crippen molar-refractivity contribution in [2.24, 2.45) is 0 Å². The monoisotopic (exact) mass is 415 g/mol. The quantitative estimate of drug-likeness (QED) is 0.572. The summed E-state index contributed by atoms with van der Waals surface area (Å²) < 4.78 is 0. The molecule has 2 aromatic carbocycles. The molecular formula is C24H25N5O2. The van der Waals surface area contributed by atoms with Gasteiger partial charge in [-0.2, -0.15) is 0 Å². The third-order valence-electron chi connectivity index (χ3n) is 5.28. The molecule has 1 aliphatic heterocycles. The number of aromatic nitrogens is 2. The molecule has 158 valence electrons. The van der Waals surface area contributed by atoms with E-state index in [4.69, 9.17) is 0 Å². The molecule has 7 nitrogen and oxygen atoms in total. The summed E-state index contributed by atoms with van der Waals surface area (Å²) in [6.45, 7) is 2.15. The van der Waals surface area contributed by atoms with Crippen molar-refractivity contribution < 1.29 is 9.59 Å². The van der Waals surface area contributed by atoms with Gasteiger partial charge in [-0.05, 0) is 42.2 Å². The van der Waals surface area contributed by atoms with E-state index in [9.17, 15) is 9.59 Å². The van der Waals surface area contributed by atoms with Crippen LogP contribution in [0.1, 0.15) is 17.5 Å². The van der Waals surface area contributed by atoms with Crippen molar-refractivity contribution in [3.63, 3.8) is 0 Å². The summed E-state index contributed by atoms with van der Waals surface area (Å²) in [6.07, 6.45) is 5.10. The van der Waals surface area contributed by atoms with Crippen LogP contribution >= 0.6 is 0 Å². The smallest absolute Gasteiger partial charge is 0.312 e. The number of benzene rings is 2. The van der Waals surface area contributed by atoms with Gasteiger partial charge in [0.1, 0.15) is 0 Å². The number of hydrogen-bond donors (Lipinski definition) is 1. The molecule has 2 heterocycles. The van der Waals surface area contributed by atoms with Crippen LogP contribution < -0.4 is 5.32 Å². The van der Waals surface area contributed by atoms with Crippen LogP contribution in [0.4, 0.5) is 11.6 Å². The van der Waals surface area contributed by atoms with Gasteiger partial charge in [0.2, 0.25) is 5.95 Å². The normalized spacial score (nSPS) is 14.1. The van der Waals surface area contributed by atoms with E-state index in [1.165, 1.54) is 5.56 Å². The minimum Gasteiger partial charge on any atom is -0.333 e. The first-order valence-corrected chi connectivity index (χ1v) is 10.4. The molecule has 31 heavy (non-hydrogen) atoms. The van der Waals surface area contributed by atoms with E-state index in [1.54, 1.807) is 28.3 Å². The second kappa shape index (κ2) is 9.84. The number of carbonyl (C=O) groups excluding carboxylic acids is 2. The fourth-order valence-corrected chi connectivity index (χ4v) is 3.60. The summed E-state index contributed by atoms with van der Waals surface area (Å²) in [6, 6.07) is 19.7. The number of aryl methyl sites for hydroxylation is 1. The van der Waals surface area contributed by atoms with Crippen LogP contribution in [0.2, 0.25) is 0 Å². The SMILES string of the molecule is O=C1C(=O)N(Cc2ccc(Nc3ncccn3)cc2)CCN1CCCc1ccccc1. The minimum absolute atomic E-state index is 0.404. The highest BCUT2D eigenvalue weighted by Crippen LogP contribution is 2.16. The first-order chi connectivity index (χ1) is 15.2. The minimum atomic E-state index is -0.425. The molecule has 1 saturated heterocycles. The van der Waals surface area contributed by atoms with E-state index in [0.717, 1.165) is 24.1 Å². The highest BCUT2D eigenvalue weighted by atomic mass is 16.2. The van der Waals surface area contributed by atoms with E-state index >= 15 is 0 Å². The number of anilines is 2. The Balaban J connectivity index is 1.27. The molecule has 0 aliphatic carbocycles. The fraction of sp³-hybridized carbons (Fsp3) is 0.250. The molecule has 0 saturated carbocycles. The van der Waals surface area contributed by atoms with Gasteiger partial charge in [-0.15, -0.1) is 0 Å². The number of hydrogen-bond acceptors (Lipinski definition) is 5. The van der Waals surface area contributed by atoms with Crippen molar-refractivity contribution in [1.29, 1.82) is 0 Å². The van der Waals surface area contributed by atoms with Crippen molar-refractivity contribution >= 4 is 23.5 Å². The maximum atomic E-state index is 12.6. The Bertz CT molecular complexity index is 1010. The highest BCUT2D eigenvalue weighted by molar-refractivity contribution is 6.35. The highest BCUT2D eigenvalue weighted by Gasteiger charge is 2.31. The number of amides is 2. The Morgan fingerprint density at radius 1 is 0.774 bits per heavy atom. The zero-order chi connectivity index (χ0) is 21.5. The number of rotatable bonds is 8. The van der Waals surface area contributed by atoms with Crippen LogP contribution in [0, 0.1) is 0 Å². The lowest BCUT2D eigenvalue weighted by atomic mass is 10.1. The third-order valence-corrected chi connectivity index (χ3v) is 5.28. The van der Waals surface area contributed by atoms with Crippen molar-refractivity contribution in [2.75, 3.05) is 25.0 Å².